The summed E-state index contributed by atoms with van der Waals surface area (Å²) in [7, 11) is 0. The zero-order valence-electron chi connectivity index (χ0n) is 9.31. The summed E-state index contributed by atoms with van der Waals surface area (Å²) in [6.45, 7) is 4.98. The lowest BCUT2D eigenvalue weighted by Crippen LogP contribution is -2.51. The quantitative estimate of drug-likeness (QED) is 0.752. The molecule has 88 valence electrons. The first kappa shape index (κ1) is 12.3. The molecular formula is C10H19NO4. The van der Waals surface area contributed by atoms with Gasteiger partial charge in [0.15, 0.2) is 0 Å². The summed E-state index contributed by atoms with van der Waals surface area (Å²) in [4.78, 5) is 13.3. The molecule has 1 rings (SSSR count). The third-order valence-corrected chi connectivity index (χ3v) is 2.49. The third-order valence-electron chi connectivity index (χ3n) is 2.49. The van der Waals surface area contributed by atoms with E-state index in [0.29, 0.717) is 13.2 Å². The fourth-order valence-corrected chi connectivity index (χ4v) is 1.62. The number of nitrogens with zero attached hydrogens (tertiary/aromatic N) is 1. The van der Waals surface area contributed by atoms with Crippen molar-refractivity contribution in [1.29, 1.82) is 0 Å². The number of morpholine rings is 1. The number of carbonyl (C=O) groups excluding carboxylic acids is 1. The monoisotopic (exact) mass is 217 g/mol. The minimum atomic E-state index is -0.356. The first-order valence-corrected chi connectivity index (χ1v) is 5.34. The first-order chi connectivity index (χ1) is 7.19. The maximum Gasteiger partial charge on any atom is 0.410 e. The van der Waals surface area contributed by atoms with E-state index in [1.807, 2.05) is 13.8 Å². The van der Waals surface area contributed by atoms with E-state index in [4.69, 9.17) is 14.6 Å². The smallest absolute Gasteiger partial charge is 0.410 e. The van der Waals surface area contributed by atoms with Crippen molar-refractivity contribution in [3.63, 3.8) is 0 Å². The molecule has 0 spiro atoms. The number of hydrogen-bond acceptors (Lipinski definition) is 4. The molecule has 1 heterocycles. The molecule has 2 unspecified atom stereocenters. The average molecular weight is 217 g/mol. The second-order valence-corrected chi connectivity index (χ2v) is 3.70. The van der Waals surface area contributed by atoms with Crippen molar-refractivity contribution < 1.29 is 19.4 Å². The summed E-state index contributed by atoms with van der Waals surface area (Å²) in [6, 6.07) is 0.0902. The SMILES string of the molecule is CCC1COC(C)CN1C(=O)OCCO. The molecule has 0 aromatic heterocycles. The number of amides is 1. The molecule has 2 atom stereocenters. The van der Waals surface area contributed by atoms with E-state index in [9.17, 15) is 4.79 Å². The molecule has 1 aliphatic rings. The predicted octanol–water partition coefficient (Wildman–Crippen LogP) is 0.615. The van der Waals surface area contributed by atoms with Gasteiger partial charge in [0.2, 0.25) is 0 Å². The fourth-order valence-electron chi connectivity index (χ4n) is 1.62. The maximum atomic E-state index is 11.6. The molecule has 1 amide bonds. The lowest BCUT2D eigenvalue weighted by molar-refractivity contribution is -0.0524. The molecule has 1 N–H and O–H groups in total. The van der Waals surface area contributed by atoms with E-state index in [0.717, 1.165) is 6.42 Å². The van der Waals surface area contributed by atoms with Crippen molar-refractivity contribution in [3.8, 4) is 0 Å². The molecule has 0 aliphatic carbocycles. The number of carbonyl (C=O) groups is 1. The number of hydrogen-bond donors (Lipinski definition) is 1. The van der Waals surface area contributed by atoms with Crippen LogP contribution in [0.15, 0.2) is 0 Å². The van der Waals surface area contributed by atoms with E-state index in [1.165, 1.54) is 0 Å². The highest BCUT2D eigenvalue weighted by Crippen LogP contribution is 2.15. The molecule has 5 heteroatoms. The van der Waals surface area contributed by atoms with Gasteiger partial charge in [0, 0.05) is 0 Å². The highest BCUT2D eigenvalue weighted by molar-refractivity contribution is 5.68. The van der Waals surface area contributed by atoms with Crippen molar-refractivity contribution in [2.45, 2.75) is 32.4 Å². The molecule has 5 nitrogen and oxygen atoms in total. The van der Waals surface area contributed by atoms with Crippen LogP contribution in [0.1, 0.15) is 20.3 Å². The van der Waals surface area contributed by atoms with Crippen LogP contribution in [0.25, 0.3) is 0 Å². The lowest BCUT2D eigenvalue weighted by atomic mass is 10.1. The van der Waals surface area contributed by atoms with Crippen molar-refractivity contribution in [2.75, 3.05) is 26.4 Å². The molecule has 0 aromatic carbocycles. The Balaban J connectivity index is 2.50. The number of ether oxygens (including phenoxy) is 2. The van der Waals surface area contributed by atoms with Crippen molar-refractivity contribution >= 4 is 6.09 Å². The Bertz CT molecular complexity index is 210. The highest BCUT2D eigenvalue weighted by Gasteiger charge is 2.30. The normalized spacial score (nSPS) is 26.5. The Hall–Kier alpha value is -0.810. The van der Waals surface area contributed by atoms with E-state index in [2.05, 4.69) is 0 Å². The van der Waals surface area contributed by atoms with Gasteiger partial charge in [-0.3, -0.25) is 0 Å². The summed E-state index contributed by atoms with van der Waals surface area (Å²) < 4.78 is 10.4. The van der Waals surface area contributed by atoms with Crippen molar-refractivity contribution in [3.05, 3.63) is 0 Å². The second-order valence-electron chi connectivity index (χ2n) is 3.70. The lowest BCUT2D eigenvalue weighted by Gasteiger charge is -2.37. The van der Waals surface area contributed by atoms with Gasteiger partial charge in [-0.2, -0.15) is 0 Å². The fraction of sp³-hybridized carbons (Fsp3) is 0.900. The Labute approximate surface area is 90.0 Å². The van der Waals surface area contributed by atoms with Gasteiger partial charge in [-0.25, -0.2) is 4.79 Å². The standard InChI is InChI=1S/C10H19NO4/c1-3-9-7-15-8(2)6-11(9)10(13)14-5-4-12/h8-9,12H,3-7H2,1-2H3. The highest BCUT2D eigenvalue weighted by atomic mass is 16.6. The second kappa shape index (κ2) is 5.92. The minimum Gasteiger partial charge on any atom is -0.447 e. The van der Waals surface area contributed by atoms with Gasteiger partial charge < -0.3 is 19.5 Å². The van der Waals surface area contributed by atoms with Crippen LogP contribution in [0, 0.1) is 0 Å². The Morgan fingerprint density at radius 2 is 2.40 bits per heavy atom. The topological polar surface area (TPSA) is 59.0 Å². The van der Waals surface area contributed by atoms with Gasteiger partial charge in [-0.1, -0.05) is 6.92 Å². The van der Waals surface area contributed by atoms with E-state index < -0.39 is 0 Å². The van der Waals surface area contributed by atoms with Crippen LogP contribution in [-0.2, 0) is 9.47 Å². The van der Waals surface area contributed by atoms with Gasteiger partial charge in [0.05, 0.1) is 31.9 Å². The molecule has 0 bridgehead atoms. The van der Waals surface area contributed by atoms with E-state index >= 15 is 0 Å². The molecule has 15 heavy (non-hydrogen) atoms. The maximum absolute atomic E-state index is 11.6. The largest absolute Gasteiger partial charge is 0.447 e. The molecular weight excluding hydrogens is 198 g/mol. The van der Waals surface area contributed by atoms with Gasteiger partial charge in [0.1, 0.15) is 6.61 Å². The van der Waals surface area contributed by atoms with E-state index in [-0.39, 0.29) is 31.5 Å². The molecule has 0 aromatic rings. The summed E-state index contributed by atoms with van der Waals surface area (Å²) in [5, 5.41) is 8.57. The minimum absolute atomic E-state index is 0.0504. The predicted molar refractivity (Wildman–Crippen MR) is 54.6 cm³/mol. The Kier molecular flexibility index (Phi) is 4.84. The zero-order valence-corrected chi connectivity index (χ0v) is 9.31. The number of rotatable bonds is 3. The van der Waals surface area contributed by atoms with Gasteiger partial charge in [-0.15, -0.1) is 0 Å². The summed E-state index contributed by atoms with van der Waals surface area (Å²) >= 11 is 0. The van der Waals surface area contributed by atoms with Crippen LogP contribution in [0.3, 0.4) is 0 Å². The number of aliphatic hydroxyl groups is 1. The molecule has 0 radical (unpaired) electrons. The van der Waals surface area contributed by atoms with Crippen LogP contribution in [0.5, 0.6) is 0 Å². The van der Waals surface area contributed by atoms with Crippen LogP contribution >= 0.6 is 0 Å². The summed E-state index contributed by atoms with van der Waals surface area (Å²) in [5.74, 6) is 0. The summed E-state index contributed by atoms with van der Waals surface area (Å²) in [6.07, 6.45) is 0.543. The van der Waals surface area contributed by atoms with Gasteiger partial charge >= 0.3 is 6.09 Å². The Morgan fingerprint density at radius 1 is 1.67 bits per heavy atom. The molecule has 0 saturated carbocycles. The average Bonchev–Trinajstić information content (AvgIpc) is 2.25. The van der Waals surface area contributed by atoms with Crippen LogP contribution in [0.4, 0.5) is 4.79 Å². The van der Waals surface area contributed by atoms with Gasteiger partial charge in [-0.05, 0) is 13.3 Å². The molecule has 1 aliphatic heterocycles. The summed E-state index contributed by atoms with van der Waals surface area (Å²) in [5.41, 5.74) is 0. The Morgan fingerprint density at radius 3 is 3.00 bits per heavy atom. The zero-order chi connectivity index (χ0) is 11.3. The van der Waals surface area contributed by atoms with Crippen LogP contribution in [0.2, 0.25) is 0 Å². The van der Waals surface area contributed by atoms with Gasteiger partial charge in [0.25, 0.3) is 0 Å². The first-order valence-electron chi connectivity index (χ1n) is 5.34. The van der Waals surface area contributed by atoms with Crippen LogP contribution in [-0.4, -0.2) is 54.6 Å². The molecule has 1 saturated heterocycles. The van der Waals surface area contributed by atoms with E-state index in [1.54, 1.807) is 4.90 Å². The van der Waals surface area contributed by atoms with Crippen LogP contribution < -0.4 is 0 Å². The van der Waals surface area contributed by atoms with Crippen molar-refractivity contribution in [1.82, 2.24) is 4.90 Å². The molecule has 1 fully saturated rings. The third kappa shape index (κ3) is 3.35. The number of aliphatic hydroxyl groups excluding tert-OH is 1. The van der Waals surface area contributed by atoms with Crippen molar-refractivity contribution in [2.24, 2.45) is 0 Å².